The van der Waals surface area contributed by atoms with Crippen molar-refractivity contribution in [3.8, 4) is 11.8 Å². The van der Waals surface area contributed by atoms with Crippen molar-refractivity contribution in [2.24, 2.45) is 0 Å². The van der Waals surface area contributed by atoms with Crippen molar-refractivity contribution in [3.63, 3.8) is 0 Å². The number of nitro groups is 1. The van der Waals surface area contributed by atoms with Gasteiger partial charge in [-0.25, -0.2) is 0 Å². The highest BCUT2D eigenvalue weighted by Gasteiger charge is 2.35. The summed E-state index contributed by atoms with van der Waals surface area (Å²) in [5.41, 5.74) is 2.78. The first-order valence-corrected chi connectivity index (χ1v) is 13.1. The molecule has 0 spiro atoms. The molecule has 0 fully saturated rings. The fraction of sp³-hybridized carbons (Fsp3) is 0.138. The molecule has 202 valence electrons. The van der Waals surface area contributed by atoms with E-state index in [1.165, 1.54) is 31.4 Å². The van der Waals surface area contributed by atoms with Crippen LogP contribution in [0, 0.1) is 21.4 Å². The molecule has 3 N–H and O–H groups in total. The van der Waals surface area contributed by atoms with Crippen molar-refractivity contribution in [1.82, 2.24) is 5.32 Å². The Morgan fingerprint density at radius 1 is 1.05 bits per heavy atom. The molecule has 10 nitrogen and oxygen atoms in total. The summed E-state index contributed by atoms with van der Waals surface area (Å²) in [5, 5.41) is 30.3. The molecule has 0 aliphatic carbocycles. The Morgan fingerprint density at radius 2 is 1.73 bits per heavy atom. The van der Waals surface area contributed by atoms with E-state index in [9.17, 15) is 25.0 Å². The average molecular weight is 556 g/mol. The highest BCUT2D eigenvalue weighted by atomic mass is 32.2. The van der Waals surface area contributed by atoms with Crippen LogP contribution in [0.2, 0.25) is 0 Å². The molecule has 2 amide bonds. The average Bonchev–Trinajstić information content (AvgIpc) is 2.96. The van der Waals surface area contributed by atoms with Crippen LogP contribution in [0.1, 0.15) is 18.4 Å². The first-order valence-electron chi connectivity index (χ1n) is 12.1. The minimum absolute atomic E-state index is 0.0396. The van der Waals surface area contributed by atoms with Gasteiger partial charge in [-0.15, -0.1) is 0 Å². The molecule has 1 heterocycles. The SMILES string of the molecule is COc1ccccc1NC(=O)C1=C(C)NC(SCC(=O)Nc2ccc([N+](=O)[O-])cc2)=C(C#N)[C@@H]1c1ccccc1. The highest BCUT2D eigenvalue weighted by molar-refractivity contribution is 8.03. The van der Waals surface area contributed by atoms with Crippen LogP contribution >= 0.6 is 11.8 Å². The molecule has 0 unspecified atom stereocenters. The van der Waals surface area contributed by atoms with E-state index < -0.39 is 16.7 Å². The number of allylic oxidation sites excluding steroid dienone is 2. The first-order chi connectivity index (χ1) is 19.3. The van der Waals surface area contributed by atoms with Crippen LogP contribution in [0.15, 0.2) is 101 Å². The molecule has 3 aromatic carbocycles. The summed E-state index contributed by atoms with van der Waals surface area (Å²) >= 11 is 1.13. The zero-order chi connectivity index (χ0) is 28.6. The number of amides is 2. The van der Waals surface area contributed by atoms with E-state index in [4.69, 9.17) is 4.74 Å². The molecule has 4 rings (SSSR count). The fourth-order valence-electron chi connectivity index (χ4n) is 4.25. The number of carbonyl (C=O) groups is 2. The number of para-hydroxylation sites is 2. The van der Waals surface area contributed by atoms with Gasteiger partial charge < -0.3 is 20.7 Å². The van der Waals surface area contributed by atoms with Gasteiger partial charge in [0, 0.05) is 29.1 Å². The van der Waals surface area contributed by atoms with Crippen LogP contribution in [0.3, 0.4) is 0 Å². The summed E-state index contributed by atoms with van der Waals surface area (Å²) in [6, 6.07) is 24.0. The van der Waals surface area contributed by atoms with E-state index in [-0.39, 0.29) is 17.3 Å². The Kier molecular flexibility index (Phi) is 8.83. The Hall–Kier alpha value is -5.08. The van der Waals surface area contributed by atoms with E-state index in [0.717, 1.165) is 17.3 Å². The number of nitrogens with one attached hydrogen (secondary N) is 3. The van der Waals surface area contributed by atoms with Gasteiger partial charge in [0.2, 0.25) is 5.91 Å². The van der Waals surface area contributed by atoms with Crippen LogP contribution < -0.4 is 20.7 Å². The maximum Gasteiger partial charge on any atom is 0.269 e. The normalized spacial score (nSPS) is 14.6. The third kappa shape index (κ3) is 6.31. The maximum atomic E-state index is 13.6. The smallest absolute Gasteiger partial charge is 0.269 e. The Balaban J connectivity index is 1.59. The molecule has 0 bridgehead atoms. The Morgan fingerprint density at radius 3 is 2.38 bits per heavy atom. The van der Waals surface area contributed by atoms with Crippen LogP contribution in [0.25, 0.3) is 0 Å². The second-order valence-electron chi connectivity index (χ2n) is 8.66. The van der Waals surface area contributed by atoms with Gasteiger partial charge in [0.25, 0.3) is 11.6 Å². The minimum atomic E-state index is -0.678. The number of hydrogen-bond acceptors (Lipinski definition) is 8. The molecule has 0 aromatic heterocycles. The number of anilines is 2. The number of rotatable bonds is 9. The number of methoxy groups -OCH3 is 1. The van der Waals surface area contributed by atoms with Gasteiger partial charge in [-0.05, 0) is 36.8 Å². The maximum absolute atomic E-state index is 13.6. The predicted molar refractivity (Wildman–Crippen MR) is 153 cm³/mol. The lowest BCUT2D eigenvalue weighted by atomic mass is 9.82. The van der Waals surface area contributed by atoms with Gasteiger partial charge in [0.1, 0.15) is 5.75 Å². The number of nitro benzene ring substituents is 1. The molecule has 0 radical (unpaired) electrons. The number of nitrogens with zero attached hydrogens (tertiary/aromatic N) is 2. The quantitative estimate of drug-likeness (QED) is 0.238. The van der Waals surface area contributed by atoms with Gasteiger partial charge in [0.05, 0.1) is 46.1 Å². The zero-order valence-electron chi connectivity index (χ0n) is 21.6. The third-order valence-electron chi connectivity index (χ3n) is 6.09. The topological polar surface area (TPSA) is 146 Å². The van der Waals surface area contributed by atoms with Crippen molar-refractivity contribution in [2.75, 3.05) is 23.5 Å². The summed E-state index contributed by atoms with van der Waals surface area (Å²) in [4.78, 5) is 36.6. The van der Waals surface area contributed by atoms with E-state index in [1.54, 1.807) is 31.2 Å². The fourth-order valence-corrected chi connectivity index (χ4v) is 5.14. The molecule has 1 aliphatic rings. The van der Waals surface area contributed by atoms with Gasteiger partial charge in [-0.1, -0.05) is 54.2 Å². The Labute approximate surface area is 234 Å². The summed E-state index contributed by atoms with van der Waals surface area (Å²) in [5.74, 6) is -0.968. The second-order valence-corrected chi connectivity index (χ2v) is 9.64. The van der Waals surface area contributed by atoms with Gasteiger partial charge >= 0.3 is 0 Å². The summed E-state index contributed by atoms with van der Waals surface area (Å²) in [7, 11) is 1.52. The molecule has 1 atom stereocenters. The number of nitriles is 1. The molecule has 1 aliphatic heterocycles. The van der Waals surface area contributed by atoms with Gasteiger partial charge in [-0.2, -0.15) is 5.26 Å². The van der Waals surface area contributed by atoms with Crippen molar-refractivity contribution < 1.29 is 19.2 Å². The number of dihydropyridines is 1. The van der Waals surface area contributed by atoms with Crippen LogP contribution in [0.4, 0.5) is 17.1 Å². The summed E-state index contributed by atoms with van der Waals surface area (Å²) in [6.07, 6.45) is 0. The molecule has 3 aromatic rings. The highest BCUT2D eigenvalue weighted by Crippen LogP contribution is 2.41. The third-order valence-corrected chi connectivity index (χ3v) is 7.11. The van der Waals surface area contributed by atoms with Crippen molar-refractivity contribution in [1.29, 1.82) is 5.26 Å². The number of carbonyl (C=O) groups excluding carboxylic acids is 2. The van der Waals surface area contributed by atoms with E-state index in [2.05, 4.69) is 22.0 Å². The number of thioether (sulfide) groups is 1. The van der Waals surface area contributed by atoms with Gasteiger partial charge in [-0.3, -0.25) is 19.7 Å². The summed E-state index contributed by atoms with van der Waals surface area (Å²) in [6.45, 7) is 1.75. The largest absolute Gasteiger partial charge is 0.495 e. The number of benzene rings is 3. The number of hydrogen-bond donors (Lipinski definition) is 3. The molecular weight excluding hydrogens is 530 g/mol. The lowest BCUT2D eigenvalue weighted by molar-refractivity contribution is -0.384. The standard InChI is InChI=1S/C29H25N5O5S/c1-18-26(28(36)33-23-10-6-7-11-24(23)39-2)27(19-8-4-3-5-9-19)22(16-30)29(31-18)40-17-25(35)32-20-12-14-21(15-13-20)34(37)38/h3-15,27,31H,17H2,1-2H3,(H,32,35)(H,33,36)/t27-/m0/s1. The lowest BCUT2D eigenvalue weighted by Gasteiger charge is -2.30. The molecular formula is C29H25N5O5S. The second kappa shape index (κ2) is 12.6. The summed E-state index contributed by atoms with van der Waals surface area (Å²) < 4.78 is 5.37. The van der Waals surface area contributed by atoms with E-state index in [1.807, 2.05) is 30.3 Å². The molecule has 40 heavy (non-hydrogen) atoms. The van der Waals surface area contributed by atoms with Crippen molar-refractivity contribution in [2.45, 2.75) is 12.8 Å². The van der Waals surface area contributed by atoms with E-state index in [0.29, 0.717) is 39.0 Å². The molecule has 0 saturated carbocycles. The zero-order valence-corrected chi connectivity index (χ0v) is 22.5. The monoisotopic (exact) mass is 555 g/mol. The number of ether oxygens (including phenoxy) is 1. The van der Waals surface area contributed by atoms with Crippen molar-refractivity contribution in [3.05, 3.63) is 116 Å². The van der Waals surface area contributed by atoms with E-state index >= 15 is 0 Å². The first kappa shape index (κ1) is 27.9. The van der Waals surface area contributed by atoms with Crippen molar-refractivity contribution >= 4 is 40.6 Å². The Bertz CT molecular complexity index is 1540. The number of non-ortho nitro benzene ring substituents is 1. The molecule has 11 heteroatoms. The molecule has 0 saturated heterocycles. The van der Waals surface area contributed by atoms with Crippen LogP contribution in [-0.2, 0) is 9.59 Å². The predicted octanol–water partition coefficient (Wildman–Crippen LogP) is 5.31. The minimum Gasteiger partial charge on any atom is -0.495 e. The van der Waals surface area contributed by atoms with Crippen LogP contribution in [-0.4, -0.2) is 29.6 Å². The van der Waals surface area contributed by atoms with Gasteiger partial charge in [0.15, 0.2) is 0 Å². The van der Waals surface area contributed by atoms with Crippen LogP contribution in [0.5, 0.6) is 5.75 Å². The lowest BCUT2D eigenvalue weighted by Crippen LogP contribution is -2.31.